The first-order valence-corrected chi connectivity index (χ1v) is 11.5. The zero-order valence-electron chi connectivity index (χ0n) is 19.2. The fourth-order valence-electron chi connectivity index (χ4n) is 4.93. The van der Waals surface area contributed by atoms with Gasteiger partial charge in [0.25, 0.3) is 0 Å². The van der Waals surface area contributed by atoms with Crippen molar-refractivity contribution in [1.82, 2.24) is 5.32 Å². The minimum atomic E-state index is -0.587. The van der Waals surface area contributed by atoms with Gasteiger partial charge in [0.1, 0.15) is 11.4 Å². The topological polar surface area (TPSA) is 41.6 Å². The van der Waals surface area contributed by atoms with E-state index in [0.717, 1.165) is 30.9 Å². The molecule has 4 rings (SSSR count). The Bertz CT molecular complexity index is 994. The molecule has 2 aliphatic heterocycles. The highest BCUT2D eigenvalue weighted by atomic mass is 16.5. The molecule has 2 aliphatic rings. The van der Waals surface area contributed by atoms with Crippen molar-refractivity contribution in [3.63, 3.8) is 0 Å². The lowest BCUT2D eigenvalue weighted by Gasteiger charge is -2.49. The summed E-state index contributed by atoms with van der Waals surface area (Å²) in [6.07, 6.45) is 8.26. The van der Waals surface area contributed by atoms with Crippen molar-refractivity contribution in [1.29, 1.82) is 0 Å². The van der Waals surface area contributed by atoms with Crippen LogP contribution in [0.3, 0.4) is 0 Å². The molecule has 2 aromatic carbocycles. The van der Waals surface area contributed by atoms with Crippen molar-refractivity contribution in [2.45, 2.75) is 64.5 Å². The summed E-state index contributed by atoms with van der Waals surface area (Å²) in [4.78, 5) is 14.9. The Balaban J connectivity index is 1.65. The third-order valence-electron chi connectivity index (χ3n) is 6.78. The van der Waals surface area contributed by atoms with Crippen LogP contribution in [0.4, 0.5) is 5.69 Å². The predicted octanol–water partition coefficient (Wildman–Crippen LogP) is 5.59. The number of aryl methyl sites for hydroxylation is 1. The SMILES string of the molecule is CCCCCOc1cccc(/C=C/[C@]23NC(=O)CCN2c2ccc(C)cc2C3(C)C)c1. The lowest BCUT2D eigenvalue weighted by molar-refractivity contribution is -0.124. The fourth-order valence-corrected chi connectivity index (χ4v) is 4.93. The van der Waals surface area contributed by atoms with Crippen LogP contribution in [-0.4, -0.2) is 24.7 Å². The van der Waals surface area contributed by atoms with Crippen LogP contribution in [0, 0.1) is 6.92 Å². The molecule has 2 aromatic rings. The van der Waals surface area contributed by atoms with Gasteiger partial charge in [-0.1, -0.05) is 69.5 Å². The summed E-state index contributed by atoms with van der Waals surface area (Å²) in [6, 6.07) is 14.8. The molecule has 0 unspecified atom stereocenters. The summed E-state index contributed by atoms with van der Waals surface area (Å²) < 4.78 is 5.93. The number of amides is 1. The van der Waals surface area contributed by atoms with E-state index in [0.29, 0.717) is 6.42 Å². The van der Waals surface area contributed by atoms with E-state index in [1.54, 1.807) is 0 Å². The minimum Gasteiger partial charge on any atom is -0.494 e. The van der Waals surface area contributed by atoms with Gasteiger partial charge in [0.2, 0.25) is 5.91 Å². The van der Waals surface area contributed by atoms with E-state index in [1.165, 1.54) is 29.7 Å². The van der Waals surface area contributed by atoms with Crippen LogP contribution in [0.5, 0.6) is 5.75 Å². The lowest BCUT2D eigenvalue weighted by atomic mass is 9.74. The van der Waals surface area contributed by atoms with E-state index in [1.807, 2.05) is 12.1 Å². The highest BCUT2D eigenvalue weighted by Gasteiger charge is 2.57. The van der Waals surface area contributed by atoms with Gasteiger partial charge in [0, 0.05) is 24.1 Å². The molecule has 1 saturated heterocycles. The number of ether oxygens (including phenoxy) is 1. The molecule has 4 heteroatoms. The zero-order chi connectivity index (χ0) is 22.1. The zero-order valence-corrected chi connectivity index (χ0v) is 19.2. The molecule has 0 radical (unpaired) electrons. The van der Waals surface area contributed by atoms with Gasteiger partial charge in [-0.3, -0.25) is 4.79 Å². The average Bonchev–Trinajstić information content (AvgIpc) is 2.93. The van der Waals surface area contributed by atoms with Crippen molar-refractivity contribution in [3.05, 3.63) is 65.2 Å². The van der Waals surface area contributed by atoms with Crippen molar-refractivity contribution >= 4 is 17.7 Å². The van der Waals surface area contributed by atoms with Crippen LogP contribution in [0.25, 0.3) is 6.08 Å². The number of rotatable bonds is 7. The number of hydrogen-bond donors (Lipinski definition) is 1. The number of fused-ring (bicyclic) bond motifs is 3. The summed E-state index contributed by atoms with van der Waals surface area (Å²) in [5.41, 5.74) is 3.96. The largest absolute Gasteiger partial charge is 0.494 e. The number of unbranched alkanes of at least 4 members (excludes halogenated alkanes) is 2. The Labute approximate surface area is 186 Å². The Morgan fingerprint density at radius 2 is 2.00 bits per heavy atom. The Hall–Kier alpha value is -2.75. The van der Waals surface area contributed by atoms with E-state index in [4.69, 9.17) is 4.74 Å². The van der Waals surface area contributed by atoms with Crippen LogP contribution in [0.1, 0.15) is 63.1 Å². The maximum Gasteiger partial charge on any atom is 0.223 e. The molecule has 164 valence electrons. The first kappa shape index (κ1) is 21.5. The standard InChI is InChI=1S/C27H34N2O2/c1-5-6-7-17-31-22-10-8-9-21(19-22)13-15-27-26(3,4)23-18-20(2)11-12-24(23)29(27)16-14-25(30)28-27/h8-13,15,18-19H,5-7,14,16-17H2,1-4H3,(H,28,30)/b15-13+/t27-/m0/s1. The Kier molecular flexibility index (Phi) is 5.83. The van der Waals surface area contributed by atoms with Gasteiger partial charge in [-0.2, -0.15) is 0 Å². The van der Waals surface area contributed by atoms with Crippen molar-refractivity contribution in [2.75, 3.05) is 18.1 Å². The van der Waals surface area contributed by atoms with Gasteiger partial charge in [0.05, 0.1) is 6.61 Å². The van der Waals surface area contributed by atoms with Crippen LogP contribution >= 0.6 is 0 Å². The number of benzene rings is 2. The quantitative estimate of drug-likeness (QED) is 0.596. The van der Waals surface area contributed by atoms with E-state index >= 15 is 0 Å². The number of carbonyl (C=O) groups excluding carboxylic acids is 1. The monoisotopic (exact) mass is 418 g/mol. The molecule has 1 fully saturated rings. The van der Waals surface area contributed by atoms with Gasteiger partial charge >= 0.3 is 0 Å². The van der Waals surface area contributed by atoms with E-state index in [2.05, 4.69) is 80.4 Å². The molecular formula is C27H34N2O2. The second kappa shape index (κ2) is 8.41. The van der Waals surface area contributed by atoms with Crippen molar-refractivity contribution in [2.24, 2.45) is 0 Å². The van der Waals surface area contributed by atoms with Gasteiger partial charge < -0.3 is 15.0 Å². The number of hydrogen-bond acceptors (Lipinski definition) is 3. The predicted molar refractivity (Wildman–Crippen MR) is 128 cm³/mol. The third-order valence-corrected chi connectivity index (χ3v) is 6.78. The van der Waals surface area contributed by atoms with Gasteiger partial charge in [0.15, 0.2) is 0 Å². The summed E-state index contributed by atoms with van der Waals surface area (Å²) in [5, 5.41) is 3.35. The number of carbonyl (C=O) groups is 1. The molecule has 1 atom stereocenters. The molecule has 4 nitrogen and oxygen atoms in total. The second-order valence-corrected chi connectivity index (χ2v) is 9.32. The van der Waals surface area contributed by atoms with E-state index in [9.17, 15) is 4.79 Å². The van der Waals surface area contributed by atoms with Gasteiger partial charge in [-0.05, 0) is 48.7 Å². The molecule has 2 heterocycles. The van der Waals surface area contributed by atoms with Gasteiger partial charge in [-0.15, -0.1) is 0 Å². The highest BCUT2D eigenvalue weighted by molar-refractivity contribution is 5.84. The molecule has 0 bridgehead atoms. The molecule has 31 heavy (non-hydrogen) atoms. The van der Waals surface area contributed by atoms with E-state index in [-0.39, 0.29) is 11.3 Å². The van der Waals surface area contributed by atoms with Crippen LogP contribution in [0.2, 0.25) is 0 Å². The van der Waals surface area contributed by atoms with Crippen LogP contribution in [0.15, 0.2) is 48.5 Å². The molecular weight excluding hydrogens is 384 g/mol. The number of nitrogens with one attached hydrogen (secondary N) is 1. The molecule has 0 aromatic heterocycles. The Morgan fingerprint density at radius 3 is 2.81 bits per heavy atom. The lowest BCUT2D eigenvalue weighted by Crippen LogP contribution is -2.68. The molecule has 0 saturated carbocycles. The summed E-state index contributed by atoms with van der Waals surface area (Å²) in [6.45, 7) is 10.2. The van der Waals surface area contributed by atoms with Crippen molar-refractivity contribution in [3.8, 4) is 5.75 Å². The molecule has 0 spiro atoms. The van der Waals surface area contributed by atoms with Gasteiger partial charge in [-0.25, -0.2) is 0 Å². The van der Waals surface area contributed by atoms with Crippen molar-refractivity contribution < 1.29 is 9.53 Å². The van der Waals surface area contributed by atoms with E-state index < -0.39 is 5.66 Å². The number of anilines is 1. The van der Waals surface area contributed by atoms with Crippen LogP contribution in [-0.2, 0) is 10.2 Å². The minimum absolute atomic E-state index is 0.103. The summed E-state index contributed by atoms with van der Waals surface area (Å²) in [7, 11) is 0. The maximum atomic E-state index is 12.6. The molecule has 0 aliphatic carbocycles. The smallest absolute Gasteiger partial charge is 0.223 e. The summed E-state index contributed by atoms with van der Waals surface area (Å²) in [5.74, 6) is 0.997. The highest BCUT2D eigenvalue weighted by Crippen LogP contribution is 2.52. The average molecular weight is 419 g/mol. The third kappa shape index (κ3) is 3.84. The normalized spacial score (nSPS) is 21.7. The number of nitrogens with zero attached hydrogens (tertiary/aromatic N) is 1. The summed E-state index contributed by atoms with van der Waals surface area (Å²) >= 11 is 0. The van der Waals surface area contributed by atoms with Crippen LogP contribution < -0.4 is 15.0 Å². The first-order chi connectivity index (χ1) is 14.9. The molecule has 1 amide bonds. The molecule has 1 N–H and O–H groups in total. The second-order valence-electron chi connectivity index (χ2n) is 9.32. The maximum absolute atomic E-state index is 12.6. The first-order valence-electron chi connectivity index (χ1n) is 11.5. The fraction of sp³-hybridized carbons (Fsp3) is 0.444. The Morgan fingerprint density at radius 1 is 1.16 bits per heavy atom.